The highest BCUT2D eigenvalue weighted by Crippen LogP contribution is 2.30. The number of ether oxygens (including phenoxy) is 1. The van der Waals surface area contributed by atoms with Crippen LogP contribution in [0.3, 0.4) is 0 Å². The first-order valence-corrected chi connectivity index (χ1v) is 10.5. The Morgan fingerprint density at radius 1 is 0.897 bits per heavy atom. The van der Waals surface area contributed by atoms with Gasteiger partial charge in [0.15, 0.2) is 0 Å². The third-order valence-electron chi connectivity index (χ3n) is 5.03. The minimum Gasteiger partial charge on any atom is -0.457 e. The van der Waals surface area contributed by atoms with Crippen molar-refractivity contribution in [2.75, 3.05) is 23.3 Å². The Hall–Kier alpha value is -2.94. The fourth-order valence-electron chi connectivity index (χ4n) is 3.28. The quantitative estimate of drug-likeness (QED) is 0.413. The number of para-hydroxylation sites is 1. The van der Waals surface area contributed by atoms with Crippen molar-refractivity contribution >= 4 is 17.1 Å². The summed E-state index contributed by atoms with van der Waals surface area (Å²) in [6, 6.07) is 24.8. The molecule has 0 unspecified atom stereocenters. The number of aryl methyl sites for hydroxylation is 1. The Morgan fingerprint density at radius 3 is 2.34 bits per heavy atom. The van der Waals surface area contributed by atoms with Crippen LogP contribution in [0, 0.1) is 12.8 Å². The molecule has 3 aromatic carbocycles. The van der Waals surface area contributed by atoms with Gasteiger partial charge in [0.2, 0.25) is 0 Å². The topological polar surface area (TPSA) is 24.5 Å². The Kier molecular flexibility index (Phi) is 7.18. The molecule has 0 aliphatic rings. The number of hydrogen-bond donors (Lipinski definition) is 1. The highest BCUT2D eigenvalue weighted by Gasteiger charge is 2.08. The van der Waals surface area contributed by atoms with Crippen LogP contribution in [-0.2, 0) is 0 Å². The van der Waals surface area contributed by atoms with Crippen molar-refractivity contribution in [2.24, 2.45) is 5.92 Å². The molecule has 0 amide bonds. The molecule has 152 valence electrons. The van der Waals surface area contributed by atoms with Gasteiger partial charge in [-0.2, -0.15) is 0 Å². The van der Waals surface area contributed by atoms with Gasteiger partial charge in [0, 0.05) is 36.2 Å². The third kappa shape index (κ3) is 6.02. The highest BCUT2D eigenvalue weighted by molar-refractivity contribution is 5.64. The molecule has 0 spiro atoms. The molecule has 1 N–H and O–H groups in total. The van der Waals surface area contributed by atoms with E-state index in [0.29, 0.717) is 5.92 Å². The molecule has 0 bridgehead atoms. The van der Waals surface area contributed by atoms with E-state index in [0.717, 1.165) is 41.5 Å². The van der Waals surface area contributed by atoms with Gasteiger partial charge in [-0.3, -0.25) is 0 Å². The largest absolute Gasteiger partial charge is 0.457 e. The van der Waals surface area contributed by atoms with E-state index in [1.54, 1.807) is 0 Å². The van der Waals surface area contributed by atoms with Crippen molar-refractivity contribution in [1.29, 1.82) is 0 Å². The second-order valence-corrected chi connectivity index (χ2v) is 7.83. The average Bonchev–Trinajstić information content (AvgIpc) is 2.71. The fraction of sp³-hybridized carbons (Fsp3) is 0.308. The minimum atomic E-state index is 0.703. The Balaban J connectivity index is 1.70. The Bertz CT molecular complexity index is 906. The molecule has 0 radical (unpaired) electrons. The van der Waals surface area contributed by atoms with Gasteiger partial charge in [0.25, 0.3) is 0 Å². The minimum absolute atomic E-state index is 0.703. The van der Waals surface area contributed by atoms with Crippen molar-refractivity contribution in [3.63, 3.8) is 0 Å². The van der Waals surface area contributed by atoms with Crippen molar-refractivity contribution in [3.8, 4) is 11.5 Å². The molecule has 0 atom stereocenters. The molecule has 3 aromatic rings. The molecule has 0 saturated carbocycles. The van der Waals surface area contributed by atoms with Crippen molar-refractivity contribution in [1.82, 2.24) is 0 Å². The summed E-state index contributed by atoms with van der Waals surface area (Å²) in [5.41, 5.74) is 4.53. The molecule has 0 aliphatic heterocycles. The first kappa shape index (κ1) is 20.8. The van der Waals surface area contributed by atoms with Gasteiger partial charge in [0.05, 0.1) is 0 Å². The molecule has 29 heavy (non-hydrogen) atoms. The van der Waals surface area contributed by atoms with E-state index in [-0.39, 0.29) is 0 Å². The second-order valence-electron chi connectivity index (χ2n) is 7.83. The maximum atomic E-state index is 6.17. The molecule has 0 heterocycles. The summed E-state index contributed by atoms with van der Waals surface area (Å²) >= 11 is 0. The summed E-state index contributed by atoms with van der Waals surface area (Å²) in [6.07, 6.45) is 1.19. The standard InChI is InChI=1S/C26H32N2O/c1-5-28(17-16-20(2)3)23-12-9-13-24(19-23)29-25-14-15-26(21(4)18-25)27-22-10-7-6-8-11-22/h6-15,18-20,27H,5,16-17H2,1-4H3. The molecule has 0 fully saturated rings. The lowest BCUT2D eigenvalue weighted by molar-refractivity contribution is 0.482. The van der Waals surface area contributed by atoms with Gasteiger partial charge in [-0.1, -0.05) is 38.1 Å². The summed E-state index contributed by atoms with van der Waals surface area (Å²) in [5, 5.41) is 3.46. The maximum absolute atomic E-state index is 6.17. The predicted molar refractivity (Wildman–Crippen MR) is 125 cm³/mol. The molecule has 3 nitrogen and oxygen atoms in total. The lowest BCUT2D eigenvalue weighted by atomic mass is 10.1. The molecule has 3 heteroatoms. The Labute approximate surface area is 175 Å². The van der Waals surface area contributed by atoms with Gasteiger partial charge >= 0.3 is 0 Å². The highest BCUT2D eigenvalue weighted by atomic mass is 16.5. The van der Waals surface area contributed by atoms with Crippen LogP contribution in [-0.4, -0.2) is 13.1 Å². The first-order valence-electron chi connectivity index (χ1n) is 10.5. The molecule has 0 aromatic heterocycles. The van der Waals surface area contributed by atoms with E-state index in [4.69, 9.17) is 4.74 Å². The summed E-state index contributed by atoms with van der Waals surface area (Å²) in [5.74, 6) is 2.42. The fourth-order valence-corrected chi connectivity index (χ4v) is 3.28. The number of nitrogens with zero attached hydrogens (tertiary/aromatic N) is 1. The number of rotatable bonds is 9. The lowest BCUT2D eigenvalue weighted by Crippen LogP contribution is -2.24. The summed E-state index contributed by atoms with van der Waals surface area (Å²) in [4.78, 5) is 2.41. The van der Waals surface area contributed by atoms with E-state index in [1.165, 1.54) is 12.1 Å². The summed E-state index contributed by atoms with van der Waals surface area (Å²) < 4.78 is 6.17. The van der Waals surface area contributed by atoms with Crippen LogP contribution >= 0.6 is 0 Å². The van der Waals surface area contributed by atoms with Crippen LogP contribution in [0.1, 0.15) is 32.8 Å². The molecular formula is C26H32N2O. The van der Waals surface area contributed by atoms with Crippen LogP contribution in [0.5, 0.6) is 11.5 Å². The summed E-state index contributed by atoms with van der Waals surface area (Å²) in [6.45, 7) is 10.9. The number of anilines is 3. The molecule has 0 aliphatic carbocycles. The van der Waals surface area contributed by atoms with Gasteiger partial charge in [-0.05, 0) is 74.2 Å². The smallest absolute Gasteiger partial charge is 0.129 e. The van der Waals surface area contributed by atoms with Gasteiger partial charge < -0.3 is 15.0 Å². The van der Waals surface area contributed by atoms with E-state index in [9.17, 15) is 0 Å². The van der Waals surface area contributed by atoms with E-state index < -0.39 is 0 Å². The normalized spacial score (nSPS) is 10.8. The van der Waals surface area contributed by atoms with Crippen molar-refractivity contribution in [3.05, 3.63) is 78.4 Å². The predicted octanol–water partition coefficient (Wildman–Crippen LogP) is 7.40. The molecule has 3 rings (SSSR count). The van der Waals surface area contributed by atoms with Crippen LogP contribution in [0.2, 0.25) is 0 Å². The number of hydrogen-bond acceptors (Lipinski definition) is 3. The number of benzene rings is 3. The van der Waals surface area contributed by atoms with E-state index in [1.807, 2.05) is 30.3 Å². The maximum Gasteiger partial charge on any atom is 0.129 e. The summed E-state index contributed by atoms with van der Waals surface area (Å²) in [7, 11) is 0. The SMILES string of the molecule is CCN(CCC(C)C)c1cccc(Oc2ccc(Nc3ccccc3)c(C)c2)c1. The van der Waals surface area contributed by atoms with Gasteiger partial charge in [-0.15, -0.1) is 0 Å². The molecular weight excluding hydrogens is 356 g/mol. The monoisotopic (exact) mass is 388 g/mol. The van der Waals surface area contributed by atoms with E-state index in [2.05, 4.69) is 80.4 Å². The average molecular weight is 389 g/mol. The van der Waals surface area contributed by atoms with Crippen LogP contribution < -0.4 is 15.0 Å². The van der Waals surface area contributed by atoms with Crippen molar-refractivity contribution < 1.29 is 4.74 Å². The zero-order valence-corrected chi connectivity index (χ0v) is 18.0. The third-order valence-corrected chi connectivity index (χ3v) is 5.03. The second kappa shape index (κ2) is 10.0. The number of nitrogens with one attached hydrogen (secondary N) is 1. The van der Waals surface area contributed by atoms with Crippen LogP contribution in [0.4, 0.5) is 17.1 Å². The lowest BCUT2D eigenvalue weighted by Gasteiger charge is -2.24. The van der Waals surface area contributed by atoms with Gasteiger partial charge in [-0.25, -0.2) is 0 Å². The van der Waals surface area contributed by atoms with Gasteiger partial charge in [0.1, 0.15) is 11.5 Å². The van der Waals surface area contributed by atoms with Crippen molar-refractivity contribution in [2.45, 2.75) is 34.1 Å². The Morgan fingerprint density at radius 2 is 1.66 bits per heavy atom. The zero-order valence-electron chi connectivity index (χ0n) is 18.0. The van der Waals surface area contributed by atoms with Crippen LogP contribution in [0.15, 0.2) is 72.8 Å². The zero-order chi connectivity index (χ0) is 20.6. The first-order chi connectivity index (χ1) is 14.0. The van der Waals surface area contributed by atoms with Crippen LogP contribution in [0.25, 0.3) is 0 Å². The molecule has 0 saturated heterocycles. The van der Waals surface area contributed by atoms with E-state index >= 15 is 0 Å².